The lowest BCUT2D eigenvalue weighted by Gasteiger charge is -2.17. The number of benzene rings is 2. The van der Waals surface area contributed by atoms with Gasteiger partial charge in [0.2, 0.25) is 0 Å². The van der Waals surface area contributed by atoms with E-state index in [0.29, 0.717) is 11.5 Å². The molecular weight excluding hydrogens is 352 g/mol. The van der Waals surface area contributed by atoms with E-state index in [9.17, 15) is 10.1 Å². The zero-order valence-corrected chi connectivity index (χ0v) is 16.0. The number of nitrogens with zero attached hydrogens (tertiary/aromatic N) is 1. The molecule has 0 fully saturated rings. The number of nitriles is 1. The summed E-state index contributed by atoms with van der Waals surface area (Å²) in [6.07, 6.45) is 6.33. The highest BCUT2D eigenvalue weighted by Gasteiger charge is 2.23. The van der Waals surface area contributed by atoms with Crippen LogP contribution in [0.1, 0.15) is 39.7 Å². The number of ketones is 1. The summed E-state index contributed by atoms with van der Waals surface area (Å²) >= 11 is 1.64. The minimum Gasteiger partial charge on any atom is -0.352 e. The molecule has 1 heterocycles. The van der Waals surface area contributed by atoms with Gasteiger partial charge in [-0.25, -0.2) is 0 Å². The number of hydrogen-bond donors (Lipinski definition) is 1. The largest absolute Gasteiger partial charge is 0.352 e. The van der Waals surface area contributed by atoms with Crippen LogP contribution in [-0.2, 0) is 12.8 Å². The van der Waals surface area contributed by atoms with Crippen LogP contribution in [0.5, 0.6) is 0 Å². The molecule has 0 unspecified atom stereocenters. The van der Waals surface area contributed by atoms with Crippen molar-refractivity contribution in [2.24, 2.45) is 5.92 Å². The predicted octanol–water partition coefficient (Wildman–Crippen LogP) is 5.71. The summed E-state index contributed by atoms with van der Waals surface area (Å²) in [6, 6.07) is 16.1. The molecule has 3 aromatic rings. The maximum Gasteiger partial charge on any atom is 0.187 e. The third-order valence-electron chi connectivity index (χ3n) is 5.11. The molecule has 1 N–H and O–H groups in total. The zero-order valence-electron chi connectivity index (χ0n) is 15.2. The smallest absolute Gasteiger partial charge is 0.187 e. The van der Waals surface area contributed by atoms with E-state index in [-0.39, 0.29) is 5.78 Å². The second-order valence-corrected chi connectivity index (χ2v) is 8.18. The third-order valence-corrected chi connectivity index (χ3v) is 6.29. The zero-order chi connectivity index (χ0) is 18.8. The van der Waals surface area contributed by atoms with Crippen molar-refractivity contribution in [3.63, 3.8) is 0 Å². The molecule has 0 amide bonds. The highest BCUT2D eigenvalue weighted by atomic mass is 32.1. The highest BCUT2D eigenvalue weighted by Crippen LogP contribution is 2.39. The molecule has 0 spiro atoms. The lowest BCUT2D eigenvalue weighted by molar-refractivity contribution is 0.104. The van der Waals surface area contributed by atoms with Crippen molar-refractivity contribution in [3.05, 3.63) is 76.3 Å². The molecular formula is C23H20N2OS. The standard InChI is InChI=1S/C23H20N2OS/c1-15-6-9-19-20(14-24)23(27-22(19)12-15)25-11-10-21(26)18-8-7-16-4-2-3-5-17(16)13-18/h2-5,7-8,10-11,13,15,25H,6,9,12H2,1H3/b11-10-/t15-/m1/s1. The van der Waals surface area contributed by atoms with Crippen molar-refractivity contribution in [1.29, 1.82) is 5.26 Å². The Bertz CT molecular complexity index is 1090. The van der Waals surface area contributed by atoms with Gasteiger partial charge in [-0.3, -0.25) is 4.79 Å². The van der Waals surface area contributed by atoms with Gasteiger partial charge in [0.25, 0.3) is 0 Å². The van der Waals surface area contributed by atoms with E-state index in [1.807, 2.05) is 42.5 Å². The molecule has 1 aromatic heterocycles. The molecule has 0 aliphatic heterocycles. The van der Waals surface area contributed by atoms with Crippen LogP contribution in [0.2, 0.25) is 0 Å². The van der Waals surface area contributed by atoms with Crippen LogP contribution in [-0.4, -0.2) is 5.78 Å². The Morgan fingerprint density at radius 2 is 2.07 bits per heavy atom. The Kier molecular flexibility index (Phi) is 4.79. The van der Waals surface area contributed by atoms with E-state index in [2.05, 4.69) is 18.3 Å². The average Bonchev–Trinajstić information content (AvgIpc) is 3.03. The molecule has 1 aliphatic carbocycles. The lowest BCUT2D eigenvalue weighted by Crippen LogP contribution is -2.09. The summed E-state index contributed by atoms with van der Waals surface area (Å²) in [6.45, 7) is 2.25. The first-order valence-corrected chi connectivity index (χ1v) is 9.98. The number of carbonyl (C=O) groups excluding carboxylic acids is 1. The Hall–Kier alpha value is -2.90. The number of thiophene rings is 1. The maximum atomic E-state index is 12.5. The Morgan fingerprint density at radius 1 is 1.26 bits per heavy atom. The second-order valence-electron chi connectivity index (χ2n) is 7.07. The van der Waals surface area contributed by atoms with E-state index >= 15 is 0 Å². The fraction of sp³-hybridized carbons (Fsp3) is 0.217. The molecule has 134 valence electrons. The molecule has 4 heteroatoms. The van der Waals surface area contributed by atoms with Crippen LogP contribution in [0.15, 0.2) is 54.7 Å². The summed E-state index contributed by atoms with van der Waals surface area (Å²) in [5.41, 5.74) is 2.59. The first-order valence-electron chi connectivity index (χ1n) is 9.16. The molecule has 1 aliphatic rings. The van der Waals surface area contributed by atoms with E-state index in [1.54, 1.807) is 17.5 Å². The summed E-state index contributed by atoms with van der Waals surface area (Å²) in [4.78, 5) is 13.8. The summed E-state index contributed by atoms with van der Waals surface area (Å²) < 4.78 is 0. The van der Waals surface area contributed by atoms with Crippen LogP contribution in [0.4, 0.5) is 5.00 Å². The third kappa shape index (κ3) is 3.51. The van der Waals surface area contributed by atoms with E-state index in [0.717, 1.165) is 40.6 Å². The van der Waals surface area contributed by atoms with Gasteiger partial charge in [0.05, 0.1) is 5.56 Å². The molecule has 0 saturated carbocycles. The van der Waals surface area contributed by atoms with Crippen molar-refractivity contribution < 1.29 is 4.79 Å². The molecule has 2 aromatic carbocycles. The number of carbonyl (C=O) groups is 1. The van der Waals surface area contributed by atoms with Crippen molar-refractivity contribution in [2.75, 3.05) is 5.32 Å². The first kappa shape index (κ1) is 17.5. The van der Waals surface area contributed by atoms with Gasteiger partial charge in [0.15, 0.2) is 5.78 Å². The summed E-state index contributed by atoms with van der Waals surface area (Å²) in [5.74, 6) is 0.613. The maximum absolute atomic E-state index is 12.5. The number of anilines is 1. The Balaban J connectivity index is 1.52. The molecule has 0 saturated heterocycles. The van der Waals surface area contributed by atoms with Crippen molar-refractivity contribution in [1.82, 2.24) is 0 Å². The molecule has 0 radical (unpaired) electrons. The van der Waals surface area contributed by atoms with Gasteiger partial charge < -0.3 is 5.32 Å². The van der Waals surface area contributed by atoms with Gasteiger partial charge >= 0.3 is 0 Å². The number of fused-ring (bicyclic) bond motifs is 2. The number of allylic oxidation sites excluding steroid dienone is 1. The van der Waals surface area contributed by atoms with E-state index in [4.69, 9.17) is 0 Å². The Labute approximate surface area is 163 Å². The normalized spacial score (nSPS) is 16.2. The van der Waals surface area contributed by atoms with Crippen LogP contribution < -0.4 is 5.32 Å². The summed E-state index contributed by atoms with van der Waals surface area (Å²) in [5, 5.41) is 15.7. The van der Waals surface area contributed by atoms with E-state index < -0.39 is 0 Å². The number of nitrogens with one attached hydrogen (secondary N) is 1. The van der Waals surface area contributed by atoms with Crippen molar-refractivity contribution in [3.8, 4) is 6.07 Å². The summed E-state index contributed by atoms with van der Waals surface area (Å²) in [7, 11) is 0. The van der Waals surface area contributed by atoms with Gasteiger partial charge in [-0.2, -0.15) is 5.26 Å². The van der Waals surface area contributed by atoms with Crippen molar-refractivity contribution in [2.45, 2.75) is 26.2 Å². The van der Waals surface area contributed by atoms with Crippen molar-refractivity contribution >= 4 is 32.9 Å². The fourth-order valence-corrected chi connectivity index (χ4v) is 4.94. The minimum atomic E-state index is -0.0540. The monoisotopic (exact) mass is 372 g/mol. The van der Waals surface area contributed by atoms with Crippen LogP contribution in [0, 0.1) is 17.2 Å². The SMILES string of the molecule is C[C@@H]1CCc2c(sc(N/C=C\C(=O)c3ccc4ccccc4c3)c2C#N)C1. The molecule has 1 atom stereocenters. The van der Waals surface area contributed by atoms with Crippen LogP contribution in [0.3, 0.4) is 0 Å². The topological polar surface area (TPSA) is 52.9 Å². The minimum absolute atomic E-state index is 0.0540. The van der Waals surface area contributed by atoms with Gasteiger partial charge in [-0.05, 0) is 47.6 Å². The quantitative estimate of drug-likeness (QED) is 0.472. The first-order chi connectivity index (χ1) is 13.2. The molecule has 27 heavy (non-hydrogen) atoms. The van der Waals surface area contributed by atoms with Crippen LogP contribution >= 0.6 is 11.3 Å². The van der Waals surface area contributed by atoms with E-state index in [1.165, 1.54) is 16.5 Å². The van der Waals surface area contributed by atoms with Gasteiger partial charge in [-0.15, -0.1) is 11.3 Å². The predicted molar refractivity (Wildman–Crippen MR) is 111 cm³/mol. The molecule has 0 bridgehead atoms. The number of rotatable bonds is 4. The van der Waals surface area contributed by atoms with Gasteiger partial charge in [0.1, 0.15) is 11.1 Å². The lowest BCUT2D eigenvalue weighted by atomic mass is 9.89. The van der Waals surface area contributed by atoms with Gasteiger partial charge in [0, 0.05) is 22.7 Å². The Morgan fingerprint density at radius 3 is 2.89 bits per heavy atom. The number of hydrogen-bond acceptors (Lipinski definition) is 4. The highest BCUT2D eigenvalue weighted by molar-refractivity contribution is 7.16. The second kappa shape index (κ2) is 7.38. The van der Waals surface area contributed by atoms with Gasteiger partial charge in [-0.1, -0.05) is 43.3 Å². The fourth-order valence-electron chi connectivity index (χ4n) is 3.60. The van der Waals surface area contributed by atoms with Crippen LogP contribution in [0.25, 0.3) is 10.8 Å². The molecule has 4 rings (SSSR count). The average molecular weight is 372 g/mol. The molecule has 3 nitrogen and oxygen atoms in total.